The number of likely N-dealkylation sites (tertiary alicyclic amines) is 1. The molecule has 1 aliphatic heterocycles. The third-order valence-corrected chi connectivity index (χ3v) is 5.73. The average Bonchev–Trinajstić information content (AvgIpc) is 3.09. The van der Waals surface area contributed by atoms with Crippen molar-refractivity contribution in [1.29, 1.82) is 0 Å². The summed E-state index contributed by atoms with van der Waals surface area (Å²) in [6, 6.07) is 9.52. The summed E-state index contributed by atoms with van der Waals surface area (Å²) in [5, 5.41) is 4.58. The van der Waals surface area contributed by atoms with Gasteiger partial charge in [0, 0.05) is 31.3 Å². The molecule has 1 aromatic heterocycles. The number of fused-ring (bicyclic) bond motifs is 1. The molecule has 0 unspecified atom stereocenters. The molecule has 0 atom stereocenters. The molecule has 0 bridgehead atoms. The van der Waals surface area contributed by atoms with Crippen molar-refractivity contribution >= 4 is 5.91 Å². The minimum absolute atomic E-state index is 0.0177. The van der Waals surface area contributed by atoms with Gasteiger partial charge in [0.15, 0.2) is 0 Å². The monoisotopic (exact) mass is 351 g/mol. The Kier molecular flexibility index (Phi) is 4.62. The Hall–Kier alpha value is -2.43. The second kappa shape index (κ2) is 7.06. The highest BCUT2D eigenvalue weighted by atomic mass is 16.2. The second-order valence-electron chi connectivity index (χ2n) is 7.54. The van der Waals surface area contributed by atoms with Gasteiger partial charge in [-0.15, -0.1) is 0 Å². The van der Waals surface area contributed by atoms with Crippen LogP contribution in [0.5, 0.6) is 0 Å². The van der Waals surface area contributed by atoms with Crippen molar-refractivity contribution in [2.24, 2.45) is 5.92 Å². The Morgan fingerprint density at radius 1 is 1.19 bits per heavy atom. The molecule has 0 saturated carbocycles. The topological polar surface area (TPSA) is 55.2 Å². The van der Waals surface area contributed by atoms with Gasteiger partial charge >= 0.3 is 0 Å². The van der Waals surface area contributed by atoms with Crippen LogP contribution in [0, 0.1) is 12.8 Å². The summed E-state index contributed by atoms with van der Waals surface area (Å²) in [4.78, 5) is 27.0. The molecule has 5 nitrogen and oxygen atoms in total. The molecule has 5 heteroatoms. The summed E-state index contributed by atoms with van der Waals surface area (Å²) in [6.45, 7) is 4.14. The lowest BCUT2D eigenvalue weighted by molar-refractivity contribution is 0.0679. The Bertz CT molecular complexity index is 879. The van der Waals surface area contributed by atoms with Crippen LogP contribution >= 0.6 is 0 Å². The highest BCUT2D eigenvalue weighted by molar-refractivity contribution is 5.95. The van der Waals surface area contributed by atoms with E-state index in [1.807, 2.05) is 36.1 Å². The van der Waals surface area contributed by atoms with Gasteiger partial charge in [0.25, 0.3) is 11.5 Å². The number of rotatable bonds is 3. The third-order valence-electron chi connectivity index (χ3n) is 5.73. The number of amides is 1. The van der Waals surface area contributed by atoms with Crippen molar-refractivity contribution in [1.82, 2.24) is 14.7 Å². The molecule has 4 rings (SSSR count). The van der Waals surface area contributed by atoms with Gasteiger partial charge in [-0.05, 0) is 62.1 Å². The van der Waals surface area contributed by atoms with Crippen LogP contribution < -0.4 is 5.56 Å². The summed E-state index contributed by atoms with van der Waals surface area (Å²) >= 11 is 0. The van der Waals surface area contributed by atoms with E-state index in [1.54, 1.807) is 10.7 Å². The first-order valence-corrected chi connectivity index (χ1v) is 9.56. The molecule has 0 radical (unpaired) electrons. The van der Waals surface area contributed by atoms with Crippen LogP contribution in [0.3, 0.4) is 0 Å². The smallest absolute Gasteiger partial charge is 0.267 e. The first-order valence-electron chi connectivity index (χ1n) is 9.56. The lowest BCUT2D eigenvalue weighted by Crippen LogP contribution is -2.40. The minimum atomic E-state index is 0.0177. The predicted octanol–water partition coefficient (Wildman–Crippen LogP) is 2.59. The highest BCUT2D eigenvalue weighted by Crippen LogP contribution is 2.22. The quantitative estimate of drug-likeness (QED) is 0.854. The molecule has 1 fully saturated rings. The lowest BCUT2D eigenvalue weighted by Gasteiger charge is -2.32. The fourth-order valence-corrected chi connectivity index (χ4v) is 4.12. The maximum atomic E-state index is 12.7. The maximum Gasteiger partial charge on any atom is 0.267 e. The van der Waals surface area contributed by atoms with Gasteiger partial charge in [0.05, 0.1) is 5.69 Å². The molecular weight excluding hydrogens is 326 g/mol. The van der Waals surface area contributed by atoms with E-state index in [1.165, 1.54) is 0 Å². The molecule has 2 heterocycles. The van der Waals surface area contributed by atoms with Gasteiger partial charge in [0.2, 0.25) is 0 Å². The summed E-state index contributed by atoms with van der Waals surface area (Å²) in [6.07, 6.45) is 4.91. The van der Waals surface area contributed by atoms with Crippen molar-refractivity contribution in [3.05, 3.63) is 63.1 Å². The first kappa shape index (κ1) is 17.0. The van der Waals surface area contributed by atoms with E-state index in [0.29, 0.717) is 12.5 Å². The summed E-state index contributed by atoms with van der Waals surface area (Å²) in [5.41, 5.74) is 4.06. The molecule has 1 amide bonds. The van der Waals surface area contributed by atoms with Gasteiger partial charge < -0.3 is 4.90 Å². The molecule has 136 valence electrons. The van der Waals surface area contributed by atoms with Crippen molar-refractivity contribution in [2.75, 3.05) is 13.1 Å². The third kappa shape index (κ3) is 3.30. The number of hydrogen-bond acceptors (Lipinski definition) is 3. The Morgan fingerprint density at radius 3 is 2.73 bits per heavy atom. The summed E-state index contributed by atoms with van der Waals surface area (Å²) in [5.74, 6) is 0.523. The van der Waals surface area contributed by atoms with Gasteiger partial charge in [-0.25, -0.2) is 4.68 Å². The summed E-state index contributed by atoms with van der Waals surface area (Å²) in [7, 11) is 0. The first-order chi connectivity index (χ1) is 12.6. The zero-order chi connectivity index (χ0) is 18.1. The SMILES string of the molecule is Cc1ccccc1C(=O)N1CCC(Cn2nc3c(cc2=O)CCC3)CC1. The normalized spacial score (nSPS) is 17.3. The van der Waals surface area contributed by atoms with E-state index in [2.05, 4.69) is 5.10 Å². The number of carbonyl (C=O) groups is 1. The molecule has 1 aliphatic carbocycles. The molecule has 1 aromatic carbocycles. The largest absolute Gasteiger partial charge is 0.339 e. The van der Waals surface area contributed by atoms with Crippen LogP contribution in [0.25, 0.3) is 0 Å². The van der Waals surface area contributed by atoms with E-state index >= 15 is 0 Å². The van der Waals surface area contributed by atoms with Gasteiger partial charge in [-0.1, -0.05) is 18.2 Å². The number of nitrogens with zero attached hydrogens (tertiary/aromatic N) is 3. The van der Waals surface area contributed by atoms with E-state index < -0.39 is 0 Å². The standard InChI is InChI=1S/C21H25N3O2/c1-15-5-2-3-7-18(15)21(26)23-11-9-16(10-12-23)14-24-20(25)13-17-6-4-8-19(17)22-24/h2-3,5,7,13,16H,4,6,8-12,14H2,1H3. The Labute approximate surface area is 153 Å². The molecule has 2 aromatic rings. The number of carbonyl (C=O) groups excluding carboxylic acids is 1. The number of aromatic nitrogens is 2. The Morgan fingerprint density at radius 2 is 1.96 bits per heavy atom. The predicted molar refractivity (Wildman–Crippen MR) is 100 cm³/mol. The van der Waals surface area contributed by atoms with E-state index in [4.69, 9.17) is 0 Å². The van der Waals surface area contributed by atoms with Crippen LogP contribution in [0.1, 0.15) is 46.4 Å². The molecule has 0 N–H and O–H groups in total. The maximum absolute atomic E-state index is 12.7. The molecule has 1 saturated heterocycles. The molecule has 2 aliphatic rings. The van der Waals surface area contributed by atoms with Crippen LogP contribution in [-0.4, -0.2) is 33.7 Å². The van der Waals surface area contributed by atoms with E-state index in [-0.39, 0.29) is 11.5 Å². The van der Waals surface area contributed by atoms with Crippen LogP contribution in [0.2, 0.25) is 0 Å². The second-order valence-corrected chi connectivity index (χ2v) is 7.54. The van der Waals surface area contributed by atoms with Crippen LogP contribution in [-0.2, 0) is 19.4 Å². The van der Waals surface area contributed by atoms with Crippen molar-refractivity contribution in [3.8, 4) is 0 Å². The molecule has 26 heavy (non-hydrogen) atoms. The fourth-order valence-electron chi connectivity index (χ4n) is 4.12. The molecular formula is C21H25N3O2. The average molecular weight is 351 g/mol. The lowest BCUT2D eigenvalue weighted by atomic mass is 9.96. The fraction of sp³-hybridized carbons (Fsp3) is 0.476. The highest BCUT2D eigenvalue weighted by Gasteiger charge is 2.25. The Balaban J connectivity index is 1.39. The zero-order valence-corrected chi connectivity index (χ0v) is 15.3. The summed E-state index contributed by atoms with van der Waals surface area (Å²) < 4.78 is 1.65. The van der Waals surface area contributed by atoms with Crippen molar-refractivity contribution in [2.45, 2.75) is 45.6 Å². The van der Waals surface area contributed by atoms with Gasteiger partial charge in [-0.2, -0.15) is 5.10 Å². The number of aryl methyl sites for hydroxylation is 3. The van der Waals surface area contributed by atoms with E-state index in [0.717, 1.165) is 67.6 Å². The minimum Gasteiger partial charge on any atom is -0.339 e. The van der Waals surface area contributed by atoms with Gasteiger partial charge in [0.1, 0.15) is 0 Å². The van der Waals surface area contributed by atoms with E-state index in [9.17, 15) is 9.59 Å². The number of benzene rings is 1. The number of piperidine rings is 1. The molecule has 0 spiro atoms. The van der Waals surface area contributed by atoms with Crippen LogP contribution in [0.15, 0.2) is 35.1 Å². The van der Waals surface area contributed by atoms with Crippen molar-refractivity contribution in [3.63, 3.8) is 0 Å². The van der Waals surface area contributed by atoms with Gasteiger partial charge in [-0.3, -0.25) is 9.59 Å². The van der Waals surface area contributed by atoms with Crippen LogP contribution in [0.4, 0.5) is 0 Å². The number of hydrogen-bond donors (Lipinski definition) is 0. The zero-order valence-electron chi connectivity index (χ0n) is 15.3. The van der Waals surface area contributed by atoms with Crippen molar-refractivity contribution < 1.29 is 4.79 Å².